The summed E-state index contributed by atoms with van der Waals surface area (Å²) >= 11 is 4.94. The molecule has 0 saturated carbocycles. The molecule has 1 rings (SSSR count). The Balaban J connectivity index is 3.27. The lowest BCUT2D eigenvalue weighted by Gasteiger charge is -2.24. The maximum atomic E-state index is 13.2. The summed E-state index contributed by atoms with van der Waals surface area (Å²) < 4.78 is 88.1. The largest absolute Gasteiger partial charge is 0.455 e. The van der Waals surface area contributed by atoms with Crippen LogP contribution in [0.15, 0.2) is 12.1 Å². The van der Waals surface area contributed by atoms with Gasteiger partial charge in [-0.2, -0.15) is 22.0 Å². The highest BCUT2D eigenvalue weighted by atomic mass is 35.5. The van der Waals surface area contributed by atoms with E-state index in [-0.39, 0.29) is 11.6 Å². The van der Waals surface area contributed by atoms with Gasteiger partial charge in [-0.15, -0.1) is 11.6 Å². The highest BCUT2D eigenvalue weighted by Gasteiger charge is 2.62. The number of rotatable bonds is 2. The van der Waals surface area contributed by atoms with Crippen LogP contribution in [-0.2, 0) is 0 Å². The SMILES string of the molecule is Cc1cc(F)c(C(Cl)C(F)(F)C(F)(F)F)cc1F. The molecule has 0 aliphatic carbocycles. The van der Waals surface area contributed by atoms with Gasteiger partial charge in [-0.3, -0.25) is 0 Å². The van der Waals surface area contributed by atoms with Crippen LogP contribution in [0.4, 0.5) is 30.7 Å². The average molecular weight is 295 g/mol. The van der Waals surface area contributed by atoms with Crippen LogP contribution in [0.25, 0.3) is 0 Å². The molecule has 8 heteroatoms. The standard InChI is InChI=1S/C10H6ClF7/c1-4-2-7(13)5(3-6(4)12)8(11)9(14,15)10(16,17)18/h2-3,8H,1H3. The van der Waals surface area contributed by atoms with E-state index < -0.39 is 34.7 Å². The zero-order valence-corrected chi connectivity index (χ0v) is 9.51. The van der Waals surface area contributed by atoms with Crippen molar-refractivity contribution in [1.82, 2.24) is 0 Å². The number of benzene rings is 1. The first kappa shape index (κ1) is 15.1. The molecule has 1 aromatic carbocycles. The van der Waals surface area contributed by atoms with Gasteiger partial charge in [-0.25, -0.2) is 8.78 Å². The molecule has 102 valence electrons. The Morgan fingerprint density at radius 1 is 1.00 bits per heavy atom. The van der Waals surface area contributed by atoms with E-state index in [9.17, 15) is 30.7 Å². The molecular formula is C10H6ClF7. The van der Waals surface area contributed by atoms with E-state index >= 15 is 0 Å². The molecule has 0 heterocycles. The normalized spacial score (nSPS) is 14.7. The highest BCUT2D eigenvalue weighted by Crippen LogP contribution is 2.48. The predicted molar refractivity (Wildman–Crippen MR) is 50.7 cm³/mol. The van der Waals surface area contributed by atoms with E-state index in [1.165, 1.54) is 0 Å². The number of halogens is 8. The molecular weight excluding hydrogens is 289 g/mol. The second-order valence-corrected chi connectivity index (χ2v) is 4.04. The molecule has 1 unspecified atom stereocenters. The number of alkyl halides is 6. The Kier molecular flexibility index (Phi) is 3.86. The van der Waals surface area contributed by atoms with Crippen LogP contribution < -0.4 is 0 Å². The van der Waals surface area contributed by atoms with Gasteiger partial charge in [-0.05, 0) is 24.6 Å². The fourth-order valence-electron chi connectivity index (χ4n) is 1.19. The zero-order valence-electron chi connectivity index (χ0n) is 8.76. The smallest absolute Gasteiger partial charge is 0.207 e. The van der Waals surface area contributed by atoms with Crippen molar-refractivity contribution in [1.29, 1.82) is 0 Å². The molecule has 0 amide bonds. The Labute approximate surface area is 102 Å². The highest BCUT2D eigenvalue weighted by molar-refractivity contribution is 6.21. The maximum Gasteiger partial charge on any atom is 0.455 e. The summed E-state index contributed by atoms with van der Waals surface area (Å²) in [5, 5.41) is -3.03. The van der Waals surface area contributed by atoms with E-state index in [4.69, 9.17) is 11.6 Å². The minimum absolute atomic E-state index is 0.226. The molecule has 0 aliphatic heterocycles. The predicted octanol–water partition coefficient (Wildman–Crippen LogP) is 4.75. The summed E-state index contributed by atoms with van der Waals surface area (Å²) in [5.41, 5.74) is -1.46. The quantitative estimate of drug-likeness (QED) is 0.545. The van der Waals surface area contributed by atoms with Gasteiger partial charge in [0.1, 0.15) is 17.0 Å². The third-order valence-corrected chi connectivity index (χ3v) is 2.76. The zero-order chi connectivity index (χ0) is 14.3. The van der Waals surface area contributed by atoms with Crippen molar-refractivity contribution >= 4 is 11.6 Å². The minimum Gasteiger partial charge on any atom is -0.207 e. The second kappa shape index (κ2) is 4.60. The molecule has 0 N–H and O–H groups in total. The van der Waals surface area contributed by atoms with Gasteiger partial charge in [0.2, 0.25) is 0 Å². The van der Waals surface area contributed by atoms with Gasteiger partial charge in [0.25, 0.3) is 0 Å². The van der Waals surface area contributed by atoms with Crippen LogP contribution in [-0.4, -0.2) is 12.1 Å². The number of hydrogen-bond donors (Lipinski definition) is 0. The summed E-state index contributed by atoms with van der Waals surface area (Å²) in [6, 6.07) is 0.745. The molecule has 1 atom stereocenters. The van der Waals surface area contributed by atoms with Crippen LogP contribution in [0.2, 0.25) is 0 Å². The summed E-state index contributed by atoms with van der Waals surface area (Å²) in [6.07, 6.45) is -5.95. The van der Waals surface area contributed by atoms with Gasteiger partial charge >= 0.3 is 12.1 Å². The van der Waals surface area contributed by atoms with Crippen molar-refractivity contribution in [2.45, 2.75) is 24.4 Å². The first-order chi connectivity index (χ1) is 7.98. The molecule has 0 aromatic heterocycles. The Bertz CT molecular complexity index is 452. The van der Waals surface area contributed by atoms with Gasteiger partial charge < -0.3 is 0 Å². The summed E-state index contributed by atoms with van der Waals surface area (Å²) in [7, 11) is 0. The van der Waals surface area contributed by atoms with E-state index in [1.807, 2.05) is 0 Å². The van der Waals surface area contributed by atoms with Crippen molar-refractivity contribution in [2.24, 2.45) is 0 Å². The molecule has 0 nitrogen and oxygen atoms in total. The Morgan fingerprint density at radius 2 is 1.50 bits per heavy atom. The molecule has 0 saturated heterocycles. The molecule has 18 heavy (non-hydrogen) atoms. The third kappa shape index (κ3) is 2.55. The average Bonchev–Trinajstić information content (AvgIpc) is 2.20. The van der Waals surface area contributed by atoms with E-state index in [1.54, 1.807) is 0 Å². The van der Waals surface area contributed by atoms with E-state index in [0.717, 1.165) is 6.92 Å². The van der Waals surface area contributed by atoms with E-state index in [0.29, 0.717) is 6.07 Å². The van der Waals surface area contributed by atoms with Crippen molar-refractivity contribution in [3.63, 3.8) is 0 Å². The molecule has 0 bridgehead atoms. The van der Waals surface area contributed by atoms with Crippen LogP contribution in [0, 0.1) is 18.6 Å². The second-order valence-electron chi connectivity index (χ2n) is 3.61. The van der Waals surface area contributed by atoms with Crippen molar-refractivity contribution in [3.8, 4) is 0 Å². The minimum atomic E-state index is -5.95. The van der Waals surface area contributed by atoms with Crippen molar-refractivity contribution < 1.29 is 30.7 Å². The molecule has 0 aliphatic rings. The fourth-order valence-corrected chi connectivity index (χ4v) is 1.49. The summed E-state index contributed by atoms with van der Waals surface area (Å²) in [6.45, 7) is 1.13. The van der Waals surface area contributed by atoms with Crippen LogP contribution in [0.5, 0.6) is 0 Å². The lowest BCUT2D eigenvalue weighted by Crippen LogP contribution is -2.40. The molecule has 0 radical (unpaired) electrons. The topological polar surface area (TPSA) is 0 Å². The first-order valence-electron chi connectivity index (χ1n) is 4.52. The van der Waals surface area contributed by atoms with Crippen LogP contribution >= 0.6 is 11.6 Å². The Hall–Kier alpha value is -0.980. The summed E-state index contributed by atoms with van der Waals surface area (Å²) in [5.74, 6) is -7.90. The summed E-state index contributed by atoms with van der Waals surface area (Å²) in [4.78, 5) is 0. The molecule has 0 fully saturated rings. The van der Waals surface area contributed by atoms with Crippen LogP contribution in [0.3, 0.4) is 0 Å². The van der Waals surface area contributed by atoms with Gasteiger partial charge in [0.15, 0.2) is 0 Å². The van der Waals surface area contributed by atoms with Crippen molar-refractivity contribution in [2.75, 3.05) is 0 Å². The number of aryl methyl sites for hydroxylation is 1. The lowest BCUT2D eigenvalue weighted by molar-refractivity contribution is -0.283. The van der Waals surface area contributed by atoms with Gasteiger partial charge in [-0.1, -0.05) is 0 Å². The lowest BCUT2D eigenvalue weighted by atomic mass is 10.0. The van der Waals surface area contributed by atoms with Crippen LogP contribution in [0.1, 0.15) is 16.5 Å². The maximum absolute atomic E-state index is 13.2. The van der Waals surface area contributed by atoms with E-state index in [2.05, 4.69) is 0 Å². The number of hydrogen-bond acceptors (Lipinski definition) is 0. The molecule has 0 spiro atoms. The third-order valence-electron chi connectivity index (χ3n) is 2.25. The molecule has 1 aromatic rings. The Morgan fingerprint density at radius 3 is 1.94 bits per heavy atom. The monoisotopic (exact) mass is 294 g/mol. The van der Waals surface area contributed by atoms with Crippen molar-refractivity contribution in [3.05, 3.63) is 34.9 Å². The fraction of sp³-hybridized carbons (Fsp3) is 0.400. The van der Waals surface area contributed by atoms with Gasteiger partial charge in [0, 0.05) is 5.56 Å². The van der Waals surface area contributed by atoms with Gasteiger partial charge in [0.05, 0.1) is 0 Å². The first-order valence-corrected chi connectivity index (χ1v) is 4.96.